The summed E-state index contributed by atoms with van der Waals surface area (Å²) < 4.78 is 6.56. The van der Waals surface area contributed by atoms with Gasteiger partial charge in [-0.1, -0.05) is 0 Å². The van der Waals surface area contributed by atoms with E-state index in [0.29, 0.717) is 0 Å². The minimum absolute atomic E-state index is 0.811. The number of nitrogens with one attached hydrogen (secondary N) is 1. The number of thioether (sulfide) groups is 1. The number of hydrogen-bond acceptors (Lipinski definition) is 4. The van der Waals surface area contributed by atoms with E-state index in [1.165, 1.54) is 9.77 Å². The maximum absolute atomic E-state index is 5.40. The van der Waals surface area contributed by atoms with Crippen LogP contribution in [0.3, 0.4) is 0 Å². The van der Waals surface area contributed by atoms with Crippen molar-refractivity contribution in [3.63, 3.8) is 0 Å². The van der Waals surface area contributed by atoms with Crippen molar-refractivity contribution in [3.8, 4) is 5.75 Å². The van der Waals surface area contributed by atoms with E-state index in [1.54, 1.807) is 30.2 Å². The molecule has 0 saturated heterocycles. The van der Waals surface area contributed by atoms with E-state index in [-0.39, 0.29) is 0 Å². The highest BCUT2D eigenvalue weighted by molar-refractivity contribution is 9.11. The molecular formula is C13H14BrNOS2. The van der Waals surface area contributed by atoms with Crippen LogP contribution in [0.25, 0.3) is 0 Å². The summed E-state index contributed by atoms with van der Waals surface area (Å²) in [5, 5.41) is 3.40. The molecule has 0 atom stereocenters. The van der Waals surface area contributed by atoms with Crippen molar-refractivity contribution in [2.45, 2.75) is 11.4 Å². The summed E-state index contributed by atoms with van der Waals surface area (Å²) in [6.07, 6.45) is 2.06. The lowest BCUT2D eigenvalue weighted by Gasteiger charge is -2.11. The molecule has 1 N–H and O–H groups in total. The molecule has 0 saturated carbocycles. The van der Waals surface area contributed by atoms with Gasteiger partial charge >= 0.3 is 0 Å². The fourth-order valence-electron chi connectivity index (χ4n) is 1.57. The Labute approximate surface area is 124 Å². The standard InChI is InChI=1S/C13H14BrNOS2/c1-16-12-7-9(17-2)3-5-11(12)15-8-10-4-6-13(14)18-10/h3-7,15H,8H2,1-2H3. The zero-order valence-electron chi connectivity index (χ0n) is 10.2. The van der Waals surface area contributed by atoms with Crippen LogP contribution in [0.4, 0.5) is 5.69 Å². The third-order valence-electron chi connectivity index (χ3n) is 2.49. The van der Waals surface area contributed by atoms with Gasteiger partial charge in [-0.3, -0.25) is 0 Å². The molecule has 5 heteroatoms. The van der Waals surface area contributed by atoms with Crippen molar-refractivity contribution >= 4 is 44.7 Å². The lowest BCUT2D eigenvalue weighted by Crippen LogP contribution is -1.99. The number of rotatable bonds is 5. The van der Waals surface area contributed by atoms with Crippen molar-refractivity contribution in [1.82, 2.24) is 0 Å². The SMILES string of the molecule is COc1cc(SC)ccc1NCc1ccc(Br)s1. The van der Waals surface area contributed by atoms with Crippen LogP contribution in [0.1, 0.15) is 4.88 Å². The first-order chi connectivity index (χ1) is 8.72. The number of thiophene rings is 1. The van der Waals surface area contributed by atoms with Gasteiger partial charge in [-0.25, -0.2) is 0 Å². The minimum Gasteiger partial charge on any atom is -0.495 e. The highest BCUT2D eigenvalue weighted by atomic mass is 79.9. The van der Waals surface area contributed by atoms with Gasteiger partial charge in [-0.2, -0.15) is 0 Å². The first-order valence-corrected chi connectivity index (χ1v) is 8.26. The van der Waals surface area contributed by atoms with E-state index in [2.05, 4.69) is 57.8 Å². The van der Waals surface area contributed by atoms with E-state index < -0.39 is 0 Å². The van der Waals surface area contributed by atoms with Crippen LogP contribution in [0.15, 0.2) is 39.0 Å². The molecule has 0 spiro atoms. The first kappa shape index (κ1) is 13.8. The number of methoxy groups -OCH3 is 1. The smallest absolute Gasteiger partial charge is 0.143 e. The van der Waals surface area contributed by atoms with Gasteiger partial charge in [-0.05, 0) is 52.5 Å². The Balaban J connectivity index is 2.08. The Bertz CT molecular complexity index is 527. The molecule has 0 radical (unpaired) electrons. The predicted octanol–water partition coefficient (Wildman–Crippen LogP) is 4.85. The Morgan fingerprint density at radius 1 is 1.33 bits per heavy atom. The second-order valence-corrected chi connectivity index (χ2v) is 7.05. The molecule has 0 bridgehead atoms. The zero-order valence-corrected chi connectivity index (χ0v) is 13.4. The average Bonchev–Trinajstić information content (AvgIpc) is 2.82. The largest absolute Gasteiger partial charge is 0.495 e. The summed E-state index contributed by atoms with van der Waals surface area (Å²) in [4.78, 5) is 2.49. The average molecular weight is 344 g/mol. The quantitative estimate of drug-likeness (QED) is 0.783. The van der Waals surface area contributed by atoms with E-state index >= 15 is 0 Å². The molecule has 2 aromatic rings. The molecule has 1 aromatic carbocycles. The molecular weight excluding hydrogens is 330 g/mol. The molecule has 0 amide bonds. The summed E-state index contributed by atoms with van der Waals surface area (Å²) in [5.41, 5.74) is 1.03. The van der Waals surface area contributed by atoms with E-state index in [9.17, 15) is 0 Å². The third kappa shape index (κ3) is 3.43. The molecule has 0 fully saturated rings. The molecule has 0 unspecified atom stereocenters. The van der Waals surface area contributed by atoms with Crippen LogP contribution in [-0.2, 0) is 6.54 Å². The van der Waals surface area contributed by atoms with Crippen molar-refractivity contribution in [2.75, 3.05) is 18.7 Å². The van der Waals surface area contributed by atoms with Crippen molar-refractivity contribution in [1.29, 1.82) is 0 Å². The van der Waals surface area contributed by atoms with Gasteiger partial charge in [0, 0.05) is 16.3 Å². The highest BCUT2D eigenvalue weighted by Gasteiger charge is 2.05. The molecule has 0 aliphatic heterocycles. The highest BCUT2D eigenvalue weighted by Crippen LogP contribution is 2.30. The van der Waals surface area contributed by atoms with Crippen molar-refractivity contribution in [3.05, 3.63) is 39.0 Å². The van der Waals surface area contributed by atoms with Crippen LogP contribution in [0.2, 0.25) is 0 Å². The minimum atomic E-state index is 0.811. The van der Waals surface area contributed by atoms with Gasteiger partial charge in [0.1, 0.15) is 5.75 Å². The normalized spacial score (nSPS) is 10.4. The van der Waals surface area contributed by atoms with E-state index in [1.807, 2.05) is 0 Å². The summed E-state index contributed by atoms with van der Waals surface area (Å²) >= 11 is 6.92. The maximum atomic E-state index is 5.40. The Morgan fingerprint density at radius 3 is 2.78 bits per heavy atom. The monoisotopic (exact) mass is 343 g/mol. The van der Waals surface area contributed by atoms with Gasteiger partial charge < -0.3 is 10.1 Å². The fraction of sp³-hybridized carbons (Fsp3) is 0.231. The Hall–Kier alpha value is -0.650. The number of benzene rings is 1. The molecule has 96 valence electrons. The summed E-state index contributed by atoms with van der Waals surface area (Å²) in [6, 6.07) is 10.4. The molecule has 1 aromatic heterocycles. The van der Waals surface area contributed by atoms with Crippen LogP contribution < -0.4 is 10.1 Å². The second-order valence-electron chi connectivity index (χ2n) is 3.63. The molecule has 2 nitrogen and oxygen atoms in total. The molecule has 0 aliphatic carbocycles. The van der Waals surface area contributed by atoms with Crippen LogP contribution in [0.5, 0.6) is 5.75 Å². The van der Waals surface area contributed by atoms with Crippen LogP contribution in [0, 0.1) is 0 Å². The Morgan fingerprint density at radius 2 is 2.17 bits per heavy atom. The number of halogens is 1. The summed E-state index contributed by atoms with van der Waals surface area (Å²) in [5.74, 6) is 0.887. The van der Waals surface area contributed by atoms with Gasteiger partial charge in [0.2, 0.25) is 0 Å². The summed E-state index contributed by atoms with van der Waals surface area (Å²) in [7, 11) is 1.70. The topological polar surface area (TPSA) is 21.3 Å². The molecule has 18 heavy (non-hydrogen) atoms. The Kier molecular flexibility index (Phi) is 4.97. The molecule has 2 rings (SSSR count). The number of ether oxygens (including phenoxy) is 1. The second kappa shape index (κ2) is 6.50. The van der Waals surface area contributed by atoms with Crippen LogP contribution >= 0.6 is 39.0 Å². The predicted molar refractivity (Wildman–Crippen MR) is 84.1 cm³/mol. The lowest BCUT2D eigenvalue weighted by molar-refractivity contribution is 0.415. The molecule has 1 heterocycles. The third-order valence-corrected chi connectivity index (χ3v) is 4.84. The van der Waals surface area contributed by atoms with E-state index in [0.717, 1.165) is 21.8 Å². The maximum Gasteiger partial charge on any atom is 0.143 e. The summed E-state index contributed by atoms with van der Waals surface area (Å²) in [6.45, 7) is 0.811. The first-order valence-electron chi connectivity index (χ1n) is 5.43. The van der Waals surface area contributed by atoms with Crippen LogP contribution in [-0.4, -0.2) is 13.4 Å². The zero-order chi connectivity index (χ0) is 13.0. The van der Waals surface area contributed by atoms with Gasteiger partial charge in [0.25, 0.3) is 0 Å². The van der Waals surface area contributed by atoms with Gasteiger partial charge in [0.15, 0.2) is 0 Å². The number of hydrogen-bond donors (Lipinski definition) is 1. The van der Waals surface area contributed by atoms with Gasteiger partial charge in [-0.15, -0.1) is 23.1 Å². The van der Waals surface area contributed by atoms with Gasteiger partial charge in [0.05, 0.1) is 16.6 Å². The fourth-order valence-corrected chi connectivity index (χ4v) is 3.43. The van der Waals surface area contributed by atoms with Crippen molar-refractivity contribution in [2.24, 2.45) is 0 Å². The lowest BCUT2D eigenvalue weighted by atomic mass is 10.3. The van der Waals surface area contributed by atoms with Crippen molar-refractivity contribution < 1.29 is 4.74 Å². The molecule has 0 aliphatic rings. The number of anilines is 1. The van der Waals surface area contributed by atoms with E-state index in [4.69, 9.17) is 4.74 Å².